The van der Waals surface area contributed by atoms with Crippen molar-refractivity contribution in [2.24, 2.45) is 0 Å². The summed E-state index contributed by atoms with van der Waals surface area (Å²) in [6.45, 7) is 5.56. The molecule has 1 aliphatic heterocycles. The number of furan rings is 1. The highest BCUT2D eigenvalue weighted by Gasteiger charge is 2.47. The largest absolute Gasteiger partial charge is 0.492 e. The molecular formula is C29H29N3O3. The first-order chi connectivity index (χ1) is 17.0. The van der Waals surface area contributed by atoms with Gasteiger partial charge in [0, 0.05) is 28.8 Å². The predicted octanol–water partition coefficient (Wildman–Crippen LogP) is 5.27. The summed E-state index contributed by atoms with van der Waals surface area (Å²) in [5.74, 6) is 2.32. The zero-order valence-corrected chi connectivity index (χ0v) is 20.1. The van der Waals surface area contributed by atoms with Crippen LogP contribution in [-0.2, 0) is 5.54 Å². The van der Waals surface area contributed by atoms with E-state index >= 15 is 0 Å². The van der Waals surface area contributed by atoms with Crippen LogP contribution in [0, 0.1) is 13.8 Å². The van der Waals surface area contributed by atoms with E-state index in [-0.39, 0.29) is 5.91 Å². The number of nitrogens with zero attached hydrogens (tertiary/aromatic N) is 1. The lowest BCUT2D eigenvalue weighted by Gasteiger charge is -2.27. The van der Waals surface area contributed by atoms with Crippen LogP contribution in [0.4, 0.5) is 0 Å². The fourth-order valence-electron chi connectivity index (χ4n) is 4.80. The molecule has 0 radical (unpaired) electrons. The van der Waals surface area contributed by atoms with Crippen molar-refractivity contribution < 1.29 is 13.9 Å². The minimum absolute atomic E-state index is 0.0801. The summed E-state index contributed by atoms with van der Waals surface area (Å²) in [5, 5.41) is 7.76. The summed E-state index contributed by atoms with van der Waals surface area (Å²) >= 11 is 0. The Morgan fingerprint density at radius 3 is 2.74 bits per heavy atom. The lowest BCUT2D eigenvalue weighted by atomic mass is 9.95. The lowest BCUT2D eigenvalue weighted by Crippen LogP contribution is -2.46. The summed E-state index contributed by atoms with van der Waals surface area (Å²) in [4.78, 5) is 18.1. The third-order valence-corrected chi connectivity index (χ3v) is 7.19. The Morgan fingerprint density at radius 1 is 1.17 bits per heavy atom. The van der Waals surface area contributed by atoms with Crippen molar-refractivity contribution in [1.29, 1.82) is 0 Å². The second-order valence-electron chi connectivity index (χ2n) is 9.77. The number of aryl methyl sites for hydroxylation is 2. The molecule has 2 N–H and O–H groups in total. The number of nitrogens with one attached hydrogen (secondary N) is 2. The van der Waals surface area contributed by atoms with E-state index in [1.54, 1.807) is 6.20 Å². The third kappa shape index (κ3) is 4.19. The molecule has 3 heterocycles. The molecule has 2 fully saturated rings. The van der Waals surface area contributed by atoms with Crippen LogP contribution >= 0.6 is 0 Å². The minimum atomic E-state index is -0.421. The Balaban J connectivity index is 1.31. The normalized spacial score (nSPS) is 18.2. The van der Waals surface area contributed by atoms with E-state index in [0.29, 0.717) is 18.2 Å². The number of carbonyl (C=O) groups excluding carboxylic acids is 1. The van der Waals surface area contributed by atoms with E-state index in [1.165, 1.54) is 0 Å². The molecule has 1 saturated heterocycles. The Hall–Kier alpha value is -3.64. The van der Waals surface area contributed by atoms with Crippen molar-refractivity contribution in [2.45, 2.75) is 44.7 Å². The van der Waals surface area contributed by atoms with Gasteiger partial charge in [-0.2, -0.15) is 0 Å². The van der Waals surface area contributed by atoms with Crippen molar-refractivity contribution in [1.82, 2.24) is 15.6 Å². The van der Waals surface area contributed by atoms with E-state index in [0.717, 1.165) is 70.7 Å². The predicted molar refractivity (Wildman–Crippen MR) is 136 cm³/mol. The number of hydrogen-bond acceptors (Lipinski definition) is 5. The first kappa shape index (κ1) is 21.9. The minimum Gasteiger partial charge on any atom is -0.492 e. The van der Waals surface area contributed by atoms with Gasteiger partial charge in [-0.3, -0.25) is 9.78 Å². The number of aromatic nitrogens is 1. The van der Waals surface area contributed by atoms with Gasteiger partial charge < -0.3 is 19.8 Å². The van der Waals surface area contributed by atoms with E-state index in [4.69, 9.17) is 9.15 Å². The number of fused-ring (bicyclic) bond motifs is 1. The third-order valence-electron chi connectivity index (χ3n) is 7.19. The SMILES string of the molecule is Cc1ccc(-c2cc(C3(NC(=O)c4cc(OCC5CCN5)ccc4C)CC3)c3cccnc3c2)o1. The monoisotopic (exact) mass is 467 g/mol. The molecule has 6 rings (SSSR count). The van der Waals surface area contributed by atoms with Crippen LogP contribution in [0.2, 0.25) is 0 Å². The maximum absolute atomic E-state index is 13.5. The topological polar surface area (TPSA) is 76.4 Å². The Bertz CT molecular complexity index is 1420. The number of carbonyl (C=O) groups is 1. The Labute approximate surface area is 204 Å². The van der Waals surface area contributed by atoms with Crippen LogP contribution in [0.25, 0.3) is 22.2 Å². The molecule has 2 aromatic carbocycles. The molecule has 35 heavy (non-hydrogen) atoms. The van der Waals surface area contributed by atoms with E-state index < -0.39 is 5.54 Å². The Morgan fingerprint density at radius 2 is 2.03 bits per heavy atom. The zero-order valence-electron chi connectivity index (χ0n) is 20.1. The fourth-order valence-corrected chi connectivity index (χ4v) is 4.80. The maximum Gasteiger partial charge on any atom is 0.252 e. The molecule has 2 aromatic heterocycles. The van der Waals surface area contributed by atoms with Gasteiger partial charge >= 0.3 is 0 Å². The average Bonchev–Trinajstić information content (AvgIpc) is 3.48. The van der Waals surface area contributed by atoms with Gasteiger partial charge in [-0.25, -0.2) is 0 Å². The highest BCUT2D eigenvalue weighted by Crippen LogP contribution is 2.49. The van der Waals surface area contributed by atoms with Crippen molar-refractivity contribution in [3.63, 3.8) is 0 Å². The summed E-state index contributed by atoms with van der Waals surface area (Å²) in [7, 11) is 0. The van der Waals surface area contributed by atoms with Crippen molar-refractivity contribution in [3.05, 3.63) is 83.2 Å². The molecule has 2 aliphatic rings. The van der Waals surface area contributed by atoms with Gasteiger partial charge in [0.05, 0.1) is 11.1 Å². The second kappa shape index (κ2) is 8.54. The number of benzene rings is 2. The number of pyridine rings is 1. The molecule has 1 saturated carbocycles. The summed E-state index contributed by atoms with van der Waals surface area (Å²) in [6, 6.07) is 18.3. The quantitative estimate of drug-likeness (QED) is 0.387. The van der Waals surface area contributed by atoms with Crippen LogP contribution < -0.4 is 15.4 Å². The number of ether oxygens (including phenoxy) is 1. The van der Waals surface area contributed by atoms with Gasteiger partial charge in [-0.15, -0.1) is 0 Å². The number of rotatable bonds is 7. The molecule has 1 aliphatic carbocycles. The van der Waals surface area contributed by atoms with Crippen LogP contribution in [0.1, 0.15) is 46.5 Å². The molecule has 4 aromatic rings. The van der Waals surface area contributed by atoms with Gasteiger partial charge in [0.25, 0.3) is 5.91 Å². The van der Waals surface area contributed by atoms with E-state index in [1.807, 2.05) is 50.2 Å². The molecule has 1 atom stereocenters. The highest BCUT2D eigenvalue weighted by atomic mass is 16.5. The summed E-state index contributed by atoms with van der Waals surface area (Å²) < 4.78 is 11.9. The summed E-state index contributed by atoms with van der Waals surface area (Å²) in [5.41, 5.74) is 4.10. The molecule has 0 bridgehead atoms. The van der Waals surface area contributed by atoms with Crippen molar-refractivity contribution in [3.8, 4) is 17.1 Å². The van der Waals surface area contributed by atoms with Gasteiger partial charge in [-0.1, -0.05) is 12.1 Å². The second-order valence-corrected chi connectivity index (χ2v) is 9.77. The van der Waals surface area contributed by atoms with E-state index in [2.05, 4.69) is 33.8 Å². The van der Waals surface area contributed by atoms with Gasteiger partial charge in [0.15, 0.2) is 0 Å². The molecule has 178 valence electrons. The van der Waals surface area contributed by atoms with Crippen LogP contribution in [0.15, 0.2) is 65.2 Å². The standard InChI is InChI=1S/C29H29N3O3/c1-18-5-7-22(34-17-21-9-13-30-21)16-24(18)28(33)32-29(10-11-29)25-14-20(27-8-6-19(2)35-27)15-26-23(25)4-3-12-31-26/h3-8,12,14-16,21,30H,9-11,13,17H2,1-2H3,(H,32,33). The molecule has 6 nitrogen and oxygen atoms in total. The summed E-state index contributed by atoms with van der Waals surface area (Å²) in [6.07, 6.45) is 4.69. The lowest BCUT2D eigenvalue weighted by molar-refractivity contribution is 0.0930. The Kier molecular flexibility index (Phi) is 5.33. The highest BCUT2D eigenvalue weighted by molar-refractivity contribution is 5.98. The number of hydrogen-bond donors (Lipinski definition) is 2. The molecule has 1 amide bonds. The van der Waals surface area contributed by atoms with Gasteiger partial charge in [0.1, 0.15) is 23.9 Å². The molecule has 6 heteroatoms. The van der Waals surface area contributed by atoms with Crippen molar-refractivity contribution >= 4 is 16.8 Å². The first-order valence-corrected chi connectivity index (χ1v) is 12.3. The van der Waals surface area contributed by atoms with E-state index in [9.17, 15) is 4.79 Å². The smallest absolute Gasteiger partial charge is 0.252 e. The van der Waals surface area contributed by atoms with Crippen LogP contribution in [0.5, 0.6) is 5.75 Å². The first-order valence-electron chi connectivity index (χ1n) is 12.3. The maximum atomic E-state index is 13.5. The fraction of sp³-hybridized carbons (Fsp3) is 0.310. The van der Waals surface area contributed by atoms with Gasteiger partial charge in [-0.05, 0) is 93.2 Å². The zero-order chi connectivity index (χ0) is 24.0. The van der Waals surface area contributed by atoms with Gasteiger partial charge in [0.2, 0.25) is 0 Å². The van der Waals surface area contributed by atoms with Crippen LogP contribution in [0.3, 0.4) is 0 Å². The molecular weight excluding hydrogens is 438 g/mol. The molecule has 0 spiro atoms. The van der Waals surface area contributed by atoms with Crippen LogP contribution in [-0.4, -0.2) is 30.1 Å². The molecule has 1 unspecified atom stereocenters. The average molecular weight is 468 g/mol. The number of amides is 1. The van der Waals surface area contributed by atoms with Crippen molar-refractivity contribution in [2.75, 3.05) is 13.2 Å².